The number of rotatable bonds is 8. The quantitative estimate of drug-likeness (QED) is 0.559. The number of methoxy groups -OCH3 is 1. The van der Waals surface area contributed by atoms with Gasteiger partial charge in [-0.2, -0.15) is 0 Å². The Bertz CT molecular complexity index is 689. The summed E-state index contributed by atoms with van der Waals surface area (Å²) in [5.74, 6) is 7.45. The van der Waals surface area contributed by atoms with Crippen LogP contribution in [0.3, 0.4) is 0 Å². The first-order valence-corrected chi connectivity index (χ1v) is 8.81. The van der Waals surface area contributed by atoms with Gasteiger partial charge in [0.15, 0.2) is 5.82 Å². The minimum absolute atomic E-state index is 0.0391. The minimum atomic E-state index is -0.0391. The summed E-state index contributed by atoms with van der Waals surface area (Å²) in [4.78, 5) is 11.9. The first kappa shape index (κ1) is 18.1. The molecule has 0 aliphatic carbocycles. The van der Waals surface area contributed by atoms with E-state index in [4.69, 9.17) is 10.6 Å². The number of nitrogen functional groups attached to an aromatic ring is 1. The number of nitrogens with two attached hydrogens (primary N) is 1. The Balaban J connectivity index is 2.04. The first-order valence-electron chi connectivity index (χ1n) is 7.82. The number of hydrogen-bond donors (Lipinski definition) is 2. The molecule has 24 heavy (non-hydrogen) atoms. The number of carbonyl (C=O) groups excluding carboxylic acids is 1. The lowest BCUT2D eigenvalue weighted by atomic mass is 10.2. The van der Waals surface area contributed by atoms with Crippen LogP contribution in [0.15, 0.2) is 29.4 Å². The molecule has 0 aliphatic heterocycles. The van der Waals surface area contributed by atoms with Crippen molar-refractivity contribution >= 4 is 17.7 Å². The van der Waals surface area contributed by atoms with Gasteiger partial charge in [0.25, 0.3) is 0 Å². The molecule has 1 atom stereocenters. The van der Waals surface area contributed by atoms with Gasteiger partial charge in [-0.05, 0) is 25.5 Å². The van der Waals surface area contributed by atoms with E-state index in [9.17, 15) is 4.79 Å². The van der Waals surface area contributed by atoms with E-state index in [-0.39, 0.29) is 17.7 Å². The van der Waals surface area contributed by atoms with E-state index >= 15 is 0 Å². The second-order valence-electron chi connectivity index (χ2n) is 5.42. The molecule has 2 rings (SSSR count). The van der Waals surface area contributed by atoms with Crippen LogP contribution in [0.4, 0.5) is 0 Å². The van der Waals surface area contributed by atoms with Crippen molar-refractivity contribution in [1.29, 1.82) is 0 Å². The van der Waals surface area contributed by atoms with Crippen LogP contribution in [0.2, 0.25) is 0 Å². The Labute approximate surface area is 145 Å². The third-order valence-corrected chi connectivity index (χ3v) is 4.42. The number of amides is 1. The summed E-state index contributed by atoms with van der Waals surface area (Å²) in [6.45, 7) is 4.09. The molecule has 0 bridgehead atoms. The van der Waals surface area contributed by atoms with Crippen molar-refractivity contribution in [3.05, 3.63) is 24.3 Å². The minimum Gasteiger partial charge on any atom is -0.496 e. The van der Waals surface area contributed by atoms with E-state index in [1.54, 1.807) is 7.11 Å². The number of carbonyl (C=O) groups is 1. The fourth-order valence-electron chi connectivity index (χ4n) is 2.34. The first-order chi connectivity index (χ1) is 11.6. The summed E-state index contributed by atoms with van der Waals surface area (Å²) in [5, 5.41) is 11.6. The SMILES string of the molecule is CCC[C@H](C)NC(=O)CSc1nnc(-c2ccccc2OC)n1N. The lowest BCUT2D eigenvalue weighted by Gasteiger charge is -2.12. The molecule has 1 aromatic heterocycles. The Morgan fingerprint density at radius 3 is 2.88 bits per heavy atom. The van der Waals surface area contributed by atoms with Gasteiger partial charge >= 0.3 is 0 Å². The van der Waals surface area contributed by atoms with E-state index in [0.29, 0.717) is 16.7 Å². The molecular formula is C16H23N5O2S. The maximum atomic E-state index is 11.9. The number of nitrogens with zero attached hydrogens (tertiary/aromatic N) is 3. The van der Waals surface area contributed by atoms with Crippen molar-refractivity contribution in [2.24, 2.45) is 0 Å². The third kappa shape index (κ3) is 4.41. The van der Waals surface area contributed by atoms with E-state index in [2.05, 4.69) is 22.4 Å². The van der Waals surface area contributed by atoms with Gasteiger partial charge in [0.2, 0.25) is 11.1 Å². The summed E-state index contributed by atoms with van der Waals surface area (Å²) in [6, 6.07) is 7.61. The van der Waals surface area contributed by atoms with Crippen molar-refractivity contribution < 1.29 is 9.53 Å². The topological polar surface area (TPSA) is 95.1 Å². The summed E-state index contributed by atoms with van der Waals surface area (Å²) < 4.78 is 6.70. The number of nitrogens with one attached hydrogen (secondary N) is 1. The molecule has 0 fully saturated rings. The molecule has 0 aliphatic rings. The summed E-state index contributed by atoms with van der Waals surface area (Å²) in [7, 11) is 1.59. The number of thioether (sulfide) groups is 1. The average molecular weight is 349 g/mol. The van der Waals surface area contributed by atoms with Crippen molar-refractivity contribution in [3.63, 3.8) is 0 Å². The van der Waals surface area contributed by atoms with Crippen LogP contribution in [0.1, 0.15) is 26.7 Å². The monoisotopic (exact) mass is 349 g/mol. The lowest BCUT2D eigenvalue weighted by Crippen LogP contribution is -2.33. The third-order valence-electron chi connectivity index (χ3n) is 3.47. The van der Waals surface area contributed by atoms with Gasteiger partial charge in [0.1, 0.15) is 5.75 Å². The van der Waals surface area contributed by atoms with Crippen LogP contribution in [0.25, 0.3) is 11.4 Å². The Kier molecular flexibility index (Phi) is 6.48. The van der Waals surface area contributed by atoms with Gasteiger partial charge in [-0.15, -0.1) is 10.2 Å². The average Bonchev–Trinajstić information content (AvgIpc) is 2.93. The number of ether oxygens (including phenoxy) is 1. The van der Waals surface area contributed by atoms with Crippen LogP contribution >= 0.6 is 11.8 Å². The van der Waals surface area contributed by atoms with Gasteiger partial charge in [0, 0.05) is 6.04 Å². The van der Waals surface area contributed by atoms with Crippen molar-refractivity contribution in [3.8, 4) is 17.1 Å². The highest BCUT2D eigenvalue weighted by molar-refractivity contribution is 7.99. The van der Waals surface area contributed by atoms with Gasteiger partial charge in [-0.3, -0.25) is 4.79 Å². The molecule has 1 heterocycles. The fraction of sp³-hybridized carbons (Fsp3) is 0.438. The van der Waals surface area contributed by atoms with Gasteiger partial charge in [-0.25, -0.2) is 4.68 Å². The van der Waals surface area contributed by atoms with E-state index in [1.807, 2.05) is 31.2 Å². The van der Waals surface area contributed by atoms with Crippen LogP contribution in [-0.4, -0.2) is 39.7 Å². The maximum Gasteiger partial charge on any atom is 0.230 e. The Hall–Kier alpha value is -2.22. The fourth-order valence-corrected chi connectivity index (χ4v) is 3.01. The zero-order valence-corrected chi connectivity index (χ0v) is 15.0. The predicted octanol–water partition coefficient (Wildman–Crippen LogP) is 2.06. The van der Waals surface area contributed by atoms with E-state index in [0.717, 1.165) is 18.4 Å². The molecule has 0 saturated heterocycles. The van der Waals surface area contributed by atoms with Crippen LogP contribution in [0, 0.1) is 0 Å². The largest absolute Gasteiger partial charge is 0.496 e. The standard InChI is InChI=1S/C16H23N5O2S/c1-4-7-11(2)18-14(22)10-24-16-20-19-15(21(16)17)12-8-5-6-9-13(12)23-3/h5-6,8-9,11H,4,7,10,17H2,1-3H3,(H,18,22)/t11-/m0/s1. The molecule has 8 heteroatoms. The summed E-state index contributed by atoms with van der Waals surface area (Å²) >= 11 is 1.26. The Morgan fingerprint density at radius 1 is 1.42 bits per heavy atom. The lowest BCUT2D eigenvalue weighted by molar-refractivity contribution is -0.119. The number of para-hydroxylation sites is 1. The van der Waals surface area contributed by atoms with E-state index in [1.165, 1.54) is 16.4 Å². The molecule has 0 saturated carbocycles. The van der Waals surface area contributed by atoms with Crippen molar-refractivity contribution in [2.45, 2.75) is 37.9 Å². The molecule has 3 N–H and O–H groups in total. The summed E-state index contributed by atoms with van der Waals surface area (Å²) in [6.07, 6.45) is 2.00. The second kappa shape index (κ2) is 8.58. The van der Waals surface area contributed by atoms with Crippen LogP contribution < -0.4 is 15.9 Å². The molecule has 2 aromatic rings. The highest BCUT2D eigenvalue weighted by Crippen LogP contribution is 2.29. The van der Waals surface area contributed by atoms with Gasteiger partial charge < -0.3 is 15.9 Å². The van der Waals surface area contributed by atoms with Crippen molar-refractivity contribution in [2.75, 3.05) is 18.7 Å². The molecule has 1 amide bonds. The highest BCUT2D eigenvalue weighted by atomic mass is 32.2. The number of aromatic nitrogens is 3. The molecular weight excluding hydrogens is 326 g/mol. The highest BCUT2D eigenvalue weighted by Gasteiger charge is 2.17. The summed E-state index contributed by atoms with van der Waals surface area (Å²) in [5.41, 5.74) is 0.753. The predicted molar refractivity (Wildman–Crippen MR) is 95.4 cm³/mol. The zero-order chi connectivity index (χ0) is 17.5. The van der Waals surface area contributed by atoms with Crippen LogP contribution in [-0.2, 0) is 4.79 Å². The number of benzene rings is 1. The maximum absolute atomic E-state index is 11.9. The molecule has 1 aromatic carbocycles. The molecule has 130 valence electrons. The smallest absolute Gasteiger partial charge is 0.230 e. The van der Waals surface area contributed by atoms with Crippen molar-refractivity contribution in [1.82, 2.24) is 20.2 Å². The second-order valence-corrected chi connectivity index (χ2v) is 6.36. The molecule has 0 radical (unpaired) electrons. The van der Waals surface area contributed by atoms with Crippen LogP contribution in [0.5, 0.6) is 5.75 Å². The van der Waals surface area contributed by atoms with Gasteiger partial charge in [0.05, 0.1) is 18.4 Å². The van der Waals surface area contributed by atoms with E-state index < -0.39 is 0 Å². The van der Waals surface area contributed by atoms with Gasteiger partial charge in [-0.1, -0.05) is 37.2 Å². The molecule has 0 unspecified atom stereocenters. The molecule has 0 spiro atoms. The molecule has 7 nitrogen and oxygen atoms in total. The zero-order valence-electron chi connectivity index (χ0n) is 14.2. The number of hydrogen-bond acceptors (Lipinski definition) is 6. The normalized spacial score (nSPS) is 12.0. The Morgan fingerprint density at radius 2 is 2.17 bits per heavy atom.